The summed E-state index contributed by atoms with van der Waals surface area (Å²) in [5, 5.41) is 0.633. The molecule has 7 nitrogen and oxygen atoms in total. The number of halogens is 1. The second kappa shape index (κ2) is 12.8. The minimum absolute atomic E-state index is 0.193. The molecule has 2 aromatic carbocycles. The average Bonchev–Trinajstić information content (AvgIpc) is 3.23. The molecular formula is C27H37BrN4O3S2. The molecule has 0 saturated carbocycles. The van der Waals surface area contributed by atoms with Gasteiger partial charge in [-0.25, -0.2) is 13.4 Å². The van der Waals surface area contributed by atoms with Gasteiger partial charge < -0.3 is 4.90 Å². The van der Waals surface area contributed by atoms with Crippen LogP contribution in [0, 0.1) is 11.8 Å². The summed E-state index contributed by atoms with van der Waals surface area (Å²) in [6, 6.07) is 12.2. The molecule has 3 rings (SSSR count). The second-order valence-corrected chi connectivity index (χ2v) is 14.2. The van der Waals surface area contributed by atoms with Gasteiger partial charge >= 0.3 is 0 Å². The number of hydrogen-bond donors (Lipinski definition) is 0. The smallest absolute Gasteiger partial charge is 0.260 e. The molecule has 10 heteroatoms. The predicted octanol–water partition coefficient (Wildman–Crippen LogP) is 5.96. The number of anilines is 1. The van der Waals surface area contributed by atoms with Gasteiger partial charge in [0.2, 0.25) is 10.0 Å². The molecule has 0 aliphatic rings. The largest absolute Gasteiger partial charge is 0.309 e. The standard InChI is InChI=1S/C27H37BrN4O3S2/c1-19(2)17-31(18-20(3)4)37(34,35)23-11-8-21(9-12-23)26(33)32(15-7-14-30(5)6)27-29-24-13-10-22(28)16-25(24)36-27/h8-13,16,19-20H,7,14-15,17-18H2,1-6H3. The van der Waals surface area contributed by atoms with E-state index in [9.17, 15) is 13.2 Å². The van der Waals surface area contributed by atoms with Crippen molar-refractivity contribution in [3.63, 3.8) is 0 Å². The van der Waals surface area contributed by atoms with E-state index in [4.69, 9.17) is 4.98 Å². The molecule has 0 fully saturated rings. The van der Waals surface area contributed by atoms with E-state index in [1.165, 1.54) is 11.3 Å². The minimum Gasteiger partial charge on any atom is -0.309 e. The lowest BCUT2D eigenvalue weighted by molar-refractivity contribution is 0.0986. The fourth-order valence-electron chi connectivity index (χ4n) is 3.99. The Morgan fingerprint density at radius 1 is 0.973 bits per heavy atom. The van der Waals surface area contributed by atoms with Gasteiger partial charge in [-0.05, 0) is 81.4 Å². The molecule has 202 valence electrons. The van der Waals surface area contributed by atoms with Crippen molar-refractivity contribution in [2.24, 2.45) is 11.8 Å². The van der Waals surface area contributed by atoms with Crippen molar-refractivity contribution in [2.75, 3.05) is 45.2 Å². The van der Waals surface area contributed by atoms with Gasteiger partial charge in [0, 0.05) is 29.7 Å². The number of benzene rings is 2. The van der Waals surface area contributed by atoms with Crippen molar-refractivity contribution in [2.45, 2.75) is 39.0 Å². The Kier molecular flexibility index (Phi) is 10.3. The molecule has 0 N–H and O–H groups in total. The lowest BCUT2D eigenvalue weighted by Crippen LogP contribution is -2.37. The summed E-state index contributed by atoms with van der Waals surface area (Å²) in [6.45, 7) is 10.3. The topological polar surface area (TPSA) is 73.8 Å². The third-order valence-corrected chi connectivity index (χ3v) is 9.06. The van der Waals surface area contributed by atoms with Gasteiger partial charge in [-0.2, -0.15) is 4.31 Å². The van der Waals surface area contributed by atoms with E-state index in [0.717, 1.165) is 27.7 Å². The number of carbonyl (C=O) groups excluding carboxylic acids is 1. The SMILES string of the molecule is CC(C)CN(CC(C)C)S(=O)(=O)c1ccc(C(=O)N(CCCN(C)C)c2nc3ccc(Br)cc3s2)cc1. The summed E-state index contributed by atoms with van der Waals surface area (Å²) in [6.07, 6.45) is 0.782. The Hall–Kier alpha value is -1.85. The molecule has 1 heterocycles. The first kappa shape index (κ1) is 29.7. The van der Waals surface area contributed by atoms with Crippen LogP contribution in [0.2, 0.25) is 0 Å². The van der Waals surface area contributed by atoms with Crippen LogP contribution in [0.3, 0.4) is 0 Å². The predicted molar refractivity (Wildman–Crippen MR) is 157 cm³/mol. The highest BCUT2D eigenvalue weighted by atomic mass is 79.9. The summed E-state index contributed by atoms with van der Waals surface area (Å²) in [5.41, 5.74) is 1.27. The molecule has 3 aromatic rings. The maximum Gasteiger partial charge on any atom is 0.260 e. The molecule has 0 bridgehead atoms. The molecule has 0 radical (unpaired) electrons. The number of rotatable bonds is 12. The Bertz CT molecular complexity index is 1290. The van der Waals surface area contributed by atoms with Gasteiger partial charge in [-0.15, -0.1) is 0 Å². The monoisotopic (exact) mass is 608 g/mol. The first-order valence-corrected chi connectivity index (χ1v) is 15.6. The molecule has 0 atom stereocenters. The van der Waals surface area contributed by atoms with Crippen LogP contribution < -0.4 is 4.90 Å². The lowest BCUT2D eigenvalue weighted by Gasteiger charge is -2.26. The number of hydrogen-bond acceptors (Lipinski definition) is 6. The van der Waals surface area contributed by atoms with E-state index in [1.54, 1.807) is 33.5 Å². The van der Waals surface area contributed by atoms with Crippen molar-refractivity contribution in [1.29, 1.82) is 0 Å². The maximum absolute atomic E-state index is 13.7. The van der Waals surface area contributed by atoms with Crippen LogP contribution in [-0.4, -0.2) is 68.8 Å². The van der Waals surface area contributed by atoms with Crippen LogP contribution in [0.4, 0.5) is 5.13 Å². The average molecular weight is 610 g/mol. The highest BCUT2D eigenvalue weighted by Gasteiger charge is 2.27. The quantitative estimate of drug-likeness (QED) is 0.254. The highest BCUT2D eigenvalue weighted by Crippen LogP contribution is 2.32. The maximum atomic E-state index is 13.7. The zero-order valence-electron chi connectivity index (χ0n) is 22.4. The van der Waals surface area contributed by atoms with Gasteiger partial charge in [0.1, 0.15) is 0 Å². The summed E-state index contributed by atoms with van der Waals surface area (Å²) in [5.74, 6) is 0.223. The van der Waals surface area contributed by atoms with Gasteiger partial charge in [-0.1, -0.05) is 55.0 Å². The van der Waals surface area contributed by atoms with Crippen molar-refractivity contribution in [3.8, 4) is 0 Å². The fraction of sp³-hybridized carbons (Fsp3) is 0.481. The molecule has 0 aliphatic carbocycles. The number of amides is 1. The normalized spacial score (nSPS) is 12.4. The summed E-state index contributed by atoms with van der Waals surface area (Å²) >= 11 is 4.97. The molecule has 1 amide bonds. The fourth-order valence-corrected chi connectivity index (χ4v) is 7.30. The van der Waals surface area contributed by atoms with Crippen LogP contribution in [0.1, 0.15) is 44.5 Å². The van der Waals surface area contributed by atoms with Crippen LogP contribution >= 0.6 is 27.3 Å². The second-order valence-electron chi connectivity index (χ2n) is 10.4. The Labute approximate surface area is 233 Å². The lowest BCUT2D eigenvalue weighted by atomic mass is 10.2. The minimum atomic E-state index is -3.66. The Morgan fingerprint density at radius 2 is 1.59 bits per heavy atom. The van der Waals surface area contributed by atoms with E-state index in [0.29, 0.717) is 30.3 Å². The van der Waals surface area contributed by atoms with Crippen LogP contribution in [0.5, 0.6) is 0 Å². The van der Waals surface area contributed by atoms with Crippen molar-refractivity contribution in [3.05, 3.63) is 52.5 Å². The number of fused-ring (bicyclic) bond motifs is 1. The number of nitrogens with zero attached hydrogens (tertiary/aromatic N) is 4. The van der Waals surface area contributed by atoms with Gasteiger partial charge in [0.05, 0.1) is 15.1 Å². The number of thiazole rings is 1. The van der Waals surface area contributed by atoms with Crippen LogP contribution in [-0.2, 0) is 10.0 Å². The van der Waals surface area contributed by atoms with Crippen molar-refractivity contribution >= 4 is 58.5 Å². The molecule has 0 aliphatic heterocycles. The Morgan fingerprint density at radius 3 is 2.16 bits per heavy atom. The summed E-state index contributed by atoms with van der Waals surface area (Å²) in [4.78, 5) is 22.4. The molecule has 0 spiro atoms. The van der Waals surface area contributed by atoms with Gasteiger partial charge in [0.15, 0.2) is 5.13 Å². The van der Waals surface area contributed by atoms with Gasteiger partial charge in [-0.3, -0.25) is 9.69 Å². The van der Waals surface area contributed by atoms with Crippen molar-refractivity contribution in [1.82, 2.24) is 14.2 Å². The first-order chi connectivity index (χ1) is 17.4. The van der Waals surface area contributed by atoms with E-state index in [1.807, 2.05) is 60.0 Å². The summed E-state index contributed by atoms with van der Waals surface area (Å²) < 4.78 is 30.3. The zero-order chi connectivity index (χ0) is 27.3. The van der Waals surface area contributed by atoms with E-state index in [2.05, 4.69) is 20.8 Å². The van der Waals surface area contributed by atoms with E-state index < -0.39 is 10.0 Å². The molecule has 0 unspecified atom stereocenters. The third kappa shape index (κ3) is 7.83. The third-order valence-electron chi connectivity index (χ3n) is 5.68. The number of sulfonamides is 1. The molecular weight excluding hydrogens is 572 g/mol. The van der Waals surface area contributed by atoms with E-state index in [-0.39, 0.29) is 22.6 Å². The first-order valence-electron chi connectivity index (χ1n) is 12.5. The number of carbonyl (C=O) groups is 1. The molecule has 0 saturated heterocycles. The van der Waals surface area contributed by atoms with E-state index >= 15 is 0 Å². The highest BCUT2D eigenvalue weighted by molar-refractivity contribution is 9.10. The summed E-state index contributed by atoms with van der Waals surface area (Å²) in [7, 11) is 0.342. The number of aromatic nitrogens is 1. The van der Waals surface area contributed by atoms with Crippen molar-refractivity contribution < 1.29 is 13.2 Å². The van der Waals surface area contributed by atoms with Crippen LogP contribution in [0.15, 0.2) is 51.8 Å². The van der Waals surface area contributed by atoms with Gasteiger partial charge in [0.25, 0.3) is 5.91 Å². The molecule has 1 aromatic heterocycles. The molecule has 37 heavy (non-hydrogen) atoms. The van der Waals surface area contributed by atoms with Crippen LogP contribution in [0.25, 0.3) is 10.2 Å². The zero-order valence-corrected chi connectivity index (χ0v) is 25.7. The Balaban J connectivity index is 1.90.